The Morgan fingerprint density at radius 3 is 3.00 bits per heavy atom. The highest BCUT2D eigenvalue weighted by atomic mass is 32.1. The predicted molar refractivity (Wildman–Crippen MR) is 85.1 cm³/mol. The molecule has 0 saturated carbocycles. The van der Waals surface area contributed by atoms with Crippen LogP contribution in [0.4, 0.5) is 5.13 Å². The van der Waals surface area contributed by atoms with Gasteiger partial charge in [-0.05, 0) is 45.4 Å². The zero-order valence-electron chi connectivity index (χ0n) is 12.9. The van der Waals surface area contributed by atoms with Gasteiger partial charge >= 0.3 is 5.97 Å². The van der Waals surface area contributed by atoms with Crippen molar-refractivity contribution in [3.63, 3.8) is 0 Å². The topological polar surface area (TPSA) is 42.4 Å². The first-order chi connectivity index (χ1) is 10.2. The average Bonchev–Trinajstić information content (AvgIpc) is 3.12. The van der Waals surface area contributed by atoms with Crippen LogP contribution in [0.1, 0.15) is 62.4 Å². The highest BCUT2D eigenvalue weighted by Gasteiger charge is 2.33. The number of rotatable bonds is 4. The van der Waals surface area contributed by atoms with Gasteiger partial charge in [0.15, 0.2) is 5.13 Å². The van der Waals surface area contributed by atoms with E-state index in [0.29, 0.717) is 12.6 Å². The molecule has 3 rings (SSSR count). The van der Waals surface area contributed by atoms with Gasteiger partial charge in [-0.1, -0.05) is 6.92 Å². The molecule has 1 aliphatic heterocycles. The molecule has 2 unspecified atom stereocenters. The summed E-state index contributed by atoms with van der Waals surface area (Å²) in [6.07, 6.45) is 6.70. The van der Waals surface area contributed by atoms with E-state index in [1.807, 2.05) is 6.92 Å². The molecule has 1 aliphatic carbocycles. The molecule has 0 amide bonds. The van der Waals surface area contributed by atoms with Gasteiger partial charge < -0.3 is 9.64 Å². The Hall–Kier alpha value is -1.10. The van der Waals surface area contributed by atoms with Crippen molar-refractivity contribution in [2.75, 3.05) is 18.1 Å². The largest absolute Gasteiger partial charge is 0.465 e. The molecule has 0 bridgehead atoms. The highest BCUT2D eigenvalue weighted by molar-refractivity contribution is 7.15. The Morgan fingerprint density at radius 2 is 2.24 bits per heavy atom. The summed E-state index contributed by atoms with van der Waals surface area (Å²) in [6.45, 7) is 5.67. The summed E-state index contributed by atoms with van der Waals surface area (Å²) in [7, 11) is 0. The highest BCUT2D eigenvalue weighted by Crippen LogP contribution is 2.40. The van der Waals surface area contributed by atoms with Crippen molar-refractivity contribution in [3.05, 3.63) is 10.6 Å². The van der Waals surface area contributed by atoms with Crippen LogP contribution in [0.3, 0.4) is 0 Å². The van der Waals surface area contributed by atoms with Gasteiger partial charge in [0.1, 0.15) is 5.92 Å². The second-order valence-corrected chi connectivity index (χ2v) is 6.96. The van der Waals surface area contributed by atoms with E-state index in [1.54, 1.807) is 11.3 Å². The lowest BCUT2D eigenvalue weighted by molar-refractivity contribution is -0.145. The average molecular weight is 308 g/mol. The molecule has 5 heteroatoms. The van der Waals surface area contributed by atoms with E-state index in [4.69, 9.17) is 9.72 Å². The standard InChI is InChI=1S/C16H24N2O2S/c1-3-11-7-6-10-18(11)16-17-14-12(15(19)20-4-2)8-5-9-13(14)21-16/h11-12H,3-10H2,1-2H3. The van der Waals surface area contributed by atoms with Crippen LogP contribution in [-0.2, 0) is 16.0 Å². The molecule has 1 aromatic rings. The molecule has 1 saturated heterocycles. The minimum Gasteiger partial charge on any atom is -0.465 e. The molecule has 0 N–H and O–H groups in total. The summed E-state index contributed by atoms with van der Waals surface area (Å²) in [6, 6.07) is 0.624. The Morgan fingerprint density at radius 1 is 1.38 bits per heavy atom. The van der Waals surface area contributed by atoms with Crippen molar-refractivity contribution in [1.29, 1.82) is 0 Å². The van der Waals surface area contributed by atoms with Crippen LogP contribution >= 0.6 is 11.3 Å². The van der Waals surface area contributed by atoms with E-state index < -0.39 is 0 Å². The normalized spacial score (nSPS) is 25.0. The summed E-state index contributed by atoms with van der Waals surface area (Å²) >= 11 is 1.80. The first-order valence-corrected chi connectivity index (χ1v) is 8.99. The van der Waals surface area contributed by atoms with E-state index in [1.165, 1.54) is 24.1 Å². The molecule has 116 valence electrons. The van der Waals surface area contributed by atoms with E-state index in [0.717, 1.165) is 36.6 Å². The first-order valence-electron chi connectivity index (χ1n) is 8.17. The fraction of sp³-hybridized carbons (Fsp3) is 0.750. The number of anilines is 1. The quantitative estimate of drug-likeness (QED) is 0.798. The number of aromatic nitrogens is 1. The van der Waals surface area contributed by atoms with Gasteiger partial charge in [-0.3, -0.25) is 4.79 Å². The summed E-state index contributed by atoms with van der Waals surface area (Å²) in [4.78, 5) is 20.8. The third-order valence-electron chi connectivity index (χ3n) is 4.61. The third kappa shape index (κ3) is 2.80. The maximum Gasteiger partial charge on any atom is 0.315 e. The lowest BCUT2D eigenvalue weighted by Gasteiger charge is -2.22. The van der Waals surface area contributed by atoms with Gasteiger partial charge in [0, 0.05) is 17.5 Å². The maximum absolute atomic E-state index is 12.1. The number of carbonyl (C=O) groups excluding carboxylic acids is 1. The molecular formula is C16H24N2O2S. The number of nitrogens with zero attached hydrogens (tertiary/aromatic N) is 2. The molecule has 0 radical (unpaired) electrons. The number of hydrogen-bond acceptors (Lipinski definition) is 5. The number of fused-ring (bicyclic) bond motifs is 1. The van der Waals surface area contributed by atoms with Crippen molar-refractivity contribution in [3.8, 4) is 0 Å². The van der Waals surface area contributed by atoms with E-state index in [2.05, 4.69) is 11.8 Å². The molecule has 21 heavy (non-hydrogen) atoms. The van der Waals surface area contributed by atoms with E-state index in [-0.39, 0.29) is 11.9 Å². The van der Waals surface area contributed by atoms with Crippen molar-refractivity contribution < 1.29 is 9.53 Å². The second-order valence-electron chi connectivity index (χ2n) is 5.90. The summed E-state index contributed by atoms with van der Waals surface area (Å²) in [5.74, 6) is -0.231. The number of aryl methyl sites for hydroxylation is 1. The molecule has 4 nitrogen and oxygen atoms in total. The SMILES string of the molecule is CCOC(=O)C1CCCc2sc(N3CCCC3CC)nc21. The number of hydrogen-bond donors (Lipinski definition) is 0. The summed E-state index contributed by atoms with van der Waals surface area (Å²) in [5, 5.41) is 1.13. The third-order valence-corrected chi connectivity index (χ3v) is 5.78. The number of thiazole rings is 1. The molecule has 0 aromatic carbocycles. The van der Waals surface area contributed by atoms with Gasteiger partial charge in [-0.25, -0.2) is 4.98 Å². The monoisotopic (exact) mass is 308 g/mol. The zero-order chi connectivity index (χ0) is 14.8. The van der Waals surface area contributed by atoms with Crippen LogP contribution in [0.2, 0.25) is 0 Å². The Labute approximate surface area is 130 Å². The Balaban J connectivity index is 1.85. The van der Waals surface area contributed by atoms with Gasteiger partial charge in [-0.15, -0.1) is 11.3 Å². The molecule has 2 aliphatic rings. The van der Waals surface area contributed by atoms with Gasteiger partial charge in [0.25, 0.3) is 0 Å². The van der Waals surface area contributed by atoms with Crippen molar-refractivity contribution in [1.82, 2.24) is 4.98 Å². The van der Waals surface area contributed by atoms with Crippen molar-refractivity contribution in [2.45, 2.75) is 64.3 Å². The van der Waals surface area contributed by atoms with Gasteiger partial charge in [-0.2, -0.15) is 0 Å². The van der Waals surface area contributed by atoms with E-state index >= 15 is 0 Å². The maximum atomic E-state index is 12.1. The smallest absolute Gasteiger partial charge is 0.315 e. The number of ether oxygens (including phenoxy) is 1. The molecule has 1 aromatic heterocycles. The van der Waals surface area contributed by atoms with Crippen LogP contribution in [0.5, 0.6) is 0 Å². The lowest BCUT2D eigenvalue weighted by Crippen LogP contribution is -2.28. The molecule has 2 atom stereocenters. The van der Waals surface area contributed by atoms with E-state index in [9.17, 15) is 4.79 Å². The van der Waals surface area contributed by atoms with Crippen LogP contribution in [-0.4, -0.2) is 30.1 Å². The van der Waals surface area contributed by atoms with Crippen LogP contribution in [0.25, 0.3) is 0 Å². The van der Waals surface area contributed by atoms with Crippen LogP contribution in [0.15, 0.2) is 0 Å². The predicted octanol–water partition coefficient (Wildman–Crippen LogP) is 3.50. The molecule has 2 heterocycles. The van der Waals surface area contributed by atoms with Crippen LogP contribution < -0.4 is 4.90 Å². The second kappa shape index (κ2) is 6.34. The van der Waals surface area contributed by atoms with Crippen molar-refractivity contribution >= 4 is 22.4 Å². The number of carbonyl (C=O) groups is 1. The lowest BCUT2D eigenvalue weighted by atomic mass is 9.91. The fourth-order valence-electron chi connectivity index (χ4n) is 3.51. The summed E-state index contributed by atoms with van der Waals surface area (Å²) < 4.78 is 5.23. The zero-order valence-corrected chi connectivity index (χ0v) is 13.7. The Kier molecular flexibility index (Phi) is 4.48. The molecular weight excluding hydrogens is 284 g/mol. The minimum atomic E-state index is -0.138. The van der Waals surface area contributed by atoms with Crippen LogP contribution in [0, 0.1) is 0 Å². The first kappa shape index (κ1) is 14.8. The fourth-order valence-corrected chi connectivity index (χ4v) is 4.77. The Bertz CT molecular complexity index is 514. The summed E-state index contributed by atoms with van der Waals surface area (Å²) in [5.41, 5.74) is 1.00. The van der Waals surface area contributed by atoms with Gasteiger partial charge in [0.2, 0.25) is 0 Å². The number of esters is 1. The van der Waals surface area contributed by atoms with Gasteiger partial charge in [0.05, 0.1) is 12.3 Å². The molecule has 0 spiro atoms. The minimum absolute atomic E-state index is 0.0937. The molecule has 1 fully saturated rings. The van der Waals surface area contributed by atoms with Crippen molar-refractivity contribution in [2.24, 2.45) is 0 Å².